The summed E-state index contributed by atoms with van der Waals surface area (Å²) in [4.78, 5) is 10.9. The van der Waals surface area contributed by atoms with Gasteiger partial charge in [0.25, 0.3) is 0 Å². The average molecular weight is 407 g/mol. The normalized spacial score (nSPS) is 21.0. The number of benzene rings is 2. The van der Waals surface area contributed by atoms with E-state index in [1.807, 2.05) is 54.6 Å². The van der Waals surface area contributed by atoms with Gasteiger partial charge in [-0.15, -0.1) is 5.10 Å². The maximum absolute atomic E-state index is 10.9. The van der Waals surface area contributed by atoms with Crippen LogP contribution in [0.4, 0.5) is 5.69 Å². The number of halogens is 1. The molecule has 148 valence electrons. The number of carbonyl (C=O) groups excluding carboxylic acids is 1. The van der Waals surface area contributed by atoms with Crippen molar-refractivity contribution >= 4 is 23.2 Å². The van der Waals surface area contributed by atoms with Crippen LogP contribution in [0.3, 0.4) is 0 Å². The summed E-state index contributed by atoms with van der Waals surface area (Å²) in [7, 11) is 0. The van der Waals surface area contributed by atoms with Crippen molar-refractivity contribution in [3.05, 3.63) is 71.4 Å². The lowest BCUT2D eigenvalue weighted by Crippen LogP contribution is -2.32. The monoisotopic (exact) mass is 406 g/mol. The van der Waals surface area contributed by atoms with Gasteiger partial charge >= 0.3 is 0 Å². The highest BCUT2D eigenvalue weighted by molar-refractivity contribution is 6.31. The van der Waals surface area contributed by atoms with Gasteiger partial charge < -0.3 is 5.32 Å². The van der Waals surface area contributed by atoms with Gasteiger partial charge in [0.05, 0.1) is 12.7 Å². The first-order chi connectivity index (χ1) is 14.1. The number of hydrogen-bond acceptors (Lipinski definition) is 4. The fraction of sp³-hybridized carbons (Fsp3) is 0.304. The molecule has 2 atom stereocenters. The molecule has 1 heterocycles. The molecule has 0 bridgehead atoms. The summed E-state index contributed by atoms with van der Waals surface area (Å²) in [5.74, 6) is 1.98. The molecule has 1 saturated carbocycles. The molecule has 1 aliphatic carbocycles. The van der Waals surface area contributed by atoms with Crippen LogP contribution < -0.4 is 5.32 Å². The molecular formula is C23H23ClN4O. The van der Waals surface area contributed by atoms with E-state index in [4.69, 9.17) is 11.6 Å². The van der Waals surface area contributed by atoms with Crippen LogP contribution in [0.5, 0.6) is 0 Å². The van der Waals surface area contributed by atoms with Gasteiger partial charge in [-0.1, -0.05) is 60.5 Å². The molecule has 1 aliphatic rings. The zero-order chi connectivity index (χ0) is 20.3. The maximum atomic E-state index is 10.9. The first kappa shape index (κ1) is 19.4. The third kappa shape index (κ3) is 4.26. The molecule has 6 heteroatoms. The predicted octanol–water partition coefficient (Wildman–Crippen LogP) is 5.01. The Bertz CT molecular complexity index is 1060. The van der Waals surface area contributed by atoms with E-state index in [9.17, 15) is 4.79 Å². The largest absolute Gasteiger partial charge is 0.381 e. The highest BCUT2D eigenvalue weighted by atomic mass is 35.5. The Kier molecular flexibility index (Phi) is 5.52. The van der Waals surface area contributed by atoms with E-state index in [-0.39, 0.29) is 11.5 Å². The topological polar surface area (TPSA) is 59.8 Å². The molecule has 1 fully saturated rings. The smallest absolute Gasteiger partial charge is 0.120 e. The number of rotatable bonds is 6. The molecule has 0 saturated heterocycles. The van der Waals surface area contributed by atoms with Crippen LogP contribution in [0.1, 0.15) is 31.7 Å². The van der Waals surface area contributed by atoms with E-state index in [2.05, 4.69) is 28.6 Å². The Morgan fingerprint density at radius 1 is 1.31 bits per heavy atom. The van der Waals surface area contributed by atoms with Gasteiger partial charge in [0, 0.05) is 33.8 Å². The summed E-state index contributed by atoms with van der Waals surface area (Å²) in [6, 6.07) is 16.1. The van der Waals surface area contributed by atoms with Crippen LogP contribution in [0.2, 0.25) is 5.02 Å². The standard InChI is InChI=1S/C23H23ClN4O/c1-23(12-13-29)11-5-10-22(23)25-19-8-4-7-17(14-19)21-16-28(27-26-21)15-18-6-2-3-9-20(18)24/h2-4,6-9,12,14,16,22,25H,5,10-11,15H2,1H3. The summed E-state index contributed by atoms with van der Waals surface area (Å²) in [5, 5.41) is 12.9. The molecule has 5 nitrogen and oxygen atoms in total. The van der Waals surface area contributed by atoms with Crippen LogP contribution >= 0.6 is 11.6 Å². The van der Waals surface area contributed by atoms with E-state index in [1.54, 1.807) is 10.8 Å². The number of anilines is 1. The highest BCUT2D eigenvalue weighted by Gasteiger charge is 2.37. The van der Waals surface area contributed by atoms with Crippen molar-refractivity contribution in [1.82, 2.24) is 15.0 Å². The summed E-state index contributed by atoms with van der Waals surface area (Å²) in [6.45, 7) is 2.69. The SMILES string of the molecule is CC1(C=C=O)CCCC1Nc1cccc(-c2cn(Cc3ccccc3Cl)nn2)c1. The second-order valence-electron chi connectivity index (χ2n) is 7.83. The third-order valence-corrected chi connectivity index (χ3v) is 6.09. The Morgan fingerprint density at radius 2 is 2.17 bits per heavy atom. The fourth-order valence-electron chi connectivity index (χ4n) is 4.01. The highest BCUT2D eigenvalue weighted by Crippen LogP contribution is 2.40. The quantitative estimate of drug-likeness (QED) is 0.585. The van der Waals surface area contributed by atoms with Gasteiger partial charge in [-0.05, 0) is 36.6 Å². The Morgan fingerprint density at radius 3 is 3.00 bits per heavy atom. The summed E-state index contributed by atoms with van der Waals surface area (Å²) < 4.78 is 1.79. The summed E-state index contributed by atoms with van der Waals surface area (Å²) >= 11 is 6.25. The zero-order valence-electron chi connectivity index (χ0n) is 16.3. The number of nitrogens with one attached hydrogen (secondary N) is 1. The van der Waals surface area contributed by atoms with Gasteiger partial charge in [0.1, 0.15) is 11.6 Å². The van der Waals surface area contributed by atoms with Crippen LogP contribution in [-0.2, 0) is 11.3 Å². The molecule has 0 spiro atoms. The lowest BCUT2D eigenvalue weighted by atomic mass is 9.85. The van der Waals surface area contributed by atoms with Crippen LogP contribution in [0, 0.1) is 5.41 Å². The van der Waals surface area contributed by atoms with E-state index in [0.717, 1.165) is 46.8 Å². The molecule has 29 heavy (non-hydrogen) atoms. The van der Waals surface area contributed by atoms with Crippen molar-refractivity contribution in [2.24, 2.45) is 5.41 Å². The van der Waals surface area contributed by atoms with Crippen molar-refractivity contribution < 1.29 is 4.79 Å². The molecule has 1 aromatic heterocycles. The molecule has 0 amide bonds. The van der Waals surface area contributed by atoms with Crippen LogP contribution in [0.25, 0.3) is 11.3 Å². The lowest BCUT2D eigenvalue weighted by molar-refractivity contribution is 0.408. The minimum Gasteiger partial charge on any atom is -0.381 e. The molecule has 0 aliphatic heterocycles. The number of hydrogen-bond donors (Lipinski definition) is 1. The van der Waals surface area contributed by atoms with Crippen molar-refractivity contribution in [3.8, 4) is 11.3 Å². The molecule has 1 N–H and O–H groups in total. The lowest BCUT2D eigenvalue weighted by Gasteiger charge is -2.28. The van der Waals surface area contributed by atoms with Crippen molar-refractivity contribution in [1.29, 1.82) is 0 Å². The maximum Gasteiger partial charge on any atom is 0.120 e. The molecule has 0 radical (unpaired) electrons. The van der Waals surface area contributed by atoms with Crippen LogP contribution in [0.15, 0.2) is 60.8 Å². The second kappa shape index (κ2) is 8.24. The summed E-state index contributed by atoms with van der Waals surface area (Å²) in [5.41, 5.74) is 3.66. The first-order valence-corrected chi connectivity index (χ1v) is 10.2. The molecular weight excluding hydrogens is 384 g/mol. The average Bonchev–Trinajstić information content (AvgIpc) is 3.32. The molecule has 3 aromatic rings. The fourth-order valence-corrected chi connectivity index (χ4v) is 4.21. The van der Waals surface area contributed by atoms with Crippen molar-refractivity contribution in [2.75, 3.05) is 5.32 Å². The van der Waals surface area contributed by atoms with Crippen molar-refractivity contribution in [2.45, 2.75) is 38.8 Å². The van der Waals surface area contributed by atoms with E-state index < -0.39 is 0 Å². The molecule has 4 rings (SSSR count). The van der Waals surface area contributed by atoms with Gasteiger partial charge in [0.15, 0.2) is 0 Å². The Balaban J connectivity index is 1.51. The van der Waals surface area contributed by atoms with Crippen LogP contribution in [-0.4, -0.2) is 27.0 Å². The number of aromatic nitrogens is 3. The zero-order valence-corrected chi connectivity index (χ0v) is 17.1. The second-order valence-corrected chi connectivity index (χ2v) is 8.24. The van der Waals surface area contributed by atoms with Crippen molar-refractivity contribution in [3.63, 3.8) is 0 Å². The Labute approximate surface area is 175 Å². The van der Waals surface area contributed by atoms with Gasteiger partial charge in [-0.3, -0.25) is 0 Å². The van der Waals surface area contributed by atoms with E-state index >= 15 is 0 Å². The Hall–Kier alpha value is -2.88. The predicted molar refractivity (Wildman–Crippen MR) is 116 cm³/mol. The minimum atomic E-state index is -0.157. The number of nitrogens with zero attached hydrogens (tertiary/aromatic N) is 3. The van der Waals surface area contributed by atoms with E-state index in [1.165, 1.54) is 0 Å². The van der Waals surface area contributed by atoms with E-state index in [0.29, 0.717) is 6.54 Å². The molecule has 2 aromatic carbocycles. The van der Waals surface area contributed by atoms with Gasteiger partial charge in [0.2, 0.25) is 0 Å². The van der Waals surface area contributed by atoms with Gasteiger partial charge in [-0.2, -0.15) is 0 Å². The van der Waals surface area contributed by atoms with Gasteiger partial charge in [-0.25, -0.2) is 9.48 Å². The minimum absolute atomic E-state index is 0.157. The molecule has 2 unspecified atom stereocenters. The first-order valence-electron chi connectivity index (χ1n) is 9.80. The third-order valence-electron chi connectivity index (χ3n) is 5.72. The summed E-state index contributed by atoms with van der Waals surface area (Å²) in [6.07, 6.45) is 6.73.